The molecule has 0 saturated heterocycles. The first-order valence-electron chi connectivity index (χ1n) is 8.33. The minimum Gasteiger partial charge on any atom is -0.481 e. The Kier molecular flexibility index (Phi) is 5.02. The molecule has 26 heavy (non-hydrogen) atoms. The lowest BCUT2D eigenvalue weighted by molar-refractivity contribution is -0.151. The molecular formula is C20H20N2O4. The van der Waals surface area contributed by atoms with Crippen LogP contribution in [0.3, 0.4) is 0 Å². The molecule has 0 fully saturated rings. The Hall–Kier alpha value is -3.15. The van der Waals surface area contributed by atoms with Crippen molar-refractivity contribution in [1.82, 2.24) is 9.97 Å². The van der Waals surface area contributed by atoms with E-state index in [2.05, 4.69) is 9.97 Å². The second-order valence-electron chi connectivity index (χ2n) is 6.11. The molecular weight excluding hydrogens is 332 g/mol. The van der Waals surface area contributed by atoms with Crippen molar-refractivity contribution in [3.63, 3.8) is 0 Å². The predicted molar refractivity (Wildman–Crippen MR) is 98.3 cm³/mol. The van der Waals surface area contributed by atoms with Crippen LogP contribution in [0.2, 0.25) is 0 Å². The number of aromatic nitrogens is 2. The van der Waals surface area contributed by atoms with Crippen molar-refractivity contribution in [2.24, 2.45) is 0 Å². The minimum absolute atomic E-state index is 0.214. The Labute approximate surface area is 150 Å². The lowest BCUT2D eigenvalue weighted by Crippen LogP contribution is -2.21. The normalized spacial score (nSPS) is 12.0. The molecule has 0 aliphatic rings. The van der Waals surface area contributed by atoms with Crippen LogP contribution in [-0.2, 0) is 9.53 Å². The van der Waals surface area contributed by atoms with Crippen LogP contribution in [0.15, 0.2) is 47.3 Å². The third kappa shape index (κ3) is 3.74. The molecule has 1 heterocycles. The molecule has 6 nitrogen and oxygen atoms in total. The van der Waals surface area contributed by atoms with E-state index in [1.54, 1.807) is 31.2 Å². The number of hydrogen-bond donors (Lipinski definition) is 1. The number of benzene rings is 2. The Bertz CT molecular complexity index is 990. The lowest BCUT2D eigenvalue weighted by Gasteiger charge is -2.15. The van der Waals surface area contributed by atoms with Crippen LogP contribution in [0, 0.1) is 13.8 Å². The zero-order chi connectivity index (χ0) is 18.7. The molecule has 1 aromatic heterocycles. The van der Waals surface area contributed by atoms with Crippen molar-refractivity contribution >= 4 is 16.9 Å². The second-order valence-corrected chi connectivity index (χ2v) is 6.11. The molecule has 0 unspecified atom stereocenters. The Morgan fingerprint density at radius 1 is 1.12 bits per heavy atom. The van der Waals surface area contributed by atoms with Gasteiger partial charge in [-0.3, -0.25) is 4.79 Å². The van der Waals surface area contributed by atoms with Gasteiger partial charge in [0.2, 0.25) is 0 Å². The number of rotatable bonds is 5. The highest BCUT2D eigenvalue weighted by molar-refractivity contribution is 5.77. The molecule has 1 atom stereocenters. The summed E-state index contributed by atoms with van der Waals surface area (Å²) >= 11 is 0. The first-order chi connectivity index (χ1) is 12.5. The number of ether oxygens (including phenoxy) is 2. The Morgan fingerprint density at radius 3 is 2.54 bits per heavy atom. The molecule has 134 valence electrons. The molecule has 0 bridgehead atoms. The number of nitrogens with one attached hydrogen (secondary N) is 1. The van der Waals surface area contributed by atoms with Gasteiger partial charge in [-0.1, -0.05) is 30.3 Å². The van der Waals surface area contributed by atoms with Gasteiger partial charge in [0.1, 0.15) is 5.75 Å². The maximum Gasteiger partial charge on any atom is 0.344 e. The topological polar surface area (TPSA) is 81.3 Å². The van der Waals surface area contributed by atoms with E-state index in [-0.39, 0.29) is 12.2 Å². The van der Waals surface area contributed by atoms with Crippen molar-refractivity contribution in [2.45, 2.75) is 26.9 Å². The predicted octanol–water partition coefficient (Wildman–Crippen LogP) is 3.22. The maximum absolute atomic E-state index is 12.1. The minimum atomic E-state index is -0.693. The summed E-state index contributed by atoms with van der Waals surface area (Å²) in [6, 6.07) is 12.8. The Morgan fingerprint density at radius 2 is 1.81 bits per heavy atom. The zero-order valence-electron chi connectivity index (χ0n) is 14.9. The van der Waals surface area contributed by atoms with E-state index in [0.29, 0.717) is 22.5 Å². The number of H-pyrrole nitrogens is 1. The molecule has 3 aromatic rings. The van der Waals surface area contributed by atoms with E-state index in [1.807, 2.05) is 32.0 Å². The molecule has 2 aromatic carbocycles. The van der Waals surface area contributed by atoms with Crippen molar-refractivity contribution in [3.05, 3.63) is 69.8 Å². The standard InChI is InChI=1S/C20H20N2O4/c1-12-7-6-8-13(2)18(12)25-11-17(23)26-14(3)19-21-16-10-5-4-9-15(16)20(24)22-19/h4-10,14H,11H2,1-3H3,(H,21,22,24)/t14-/m0/s1. The number of esters is 1. The number of aryl methyl sites for hydroxylation is 2. The van der Waals surface area contributed by atoms with Crippen molar-refractivity contribution in [1.29, 1.82) is 0 Å². The monoisotopic (exact) mass is 352 g/mol. The lowest BCUT2D eigenvalue weighted by atomic mass is 10.1. The van der Waals surface area contributed by atoms with Gasteiger partial charge in [0.05, 0.1) is 10.9 Å². The van der Waals surface area contributed by atoms with Gasteiger partial charge in [-0.15, -0.1) is 0 Å². The fourth-order valence-electron chi connectivity index (χ4n) is 2.74. The average Bonchev–Trinajstić information content (AvgIpc) is 2.61. The first-order valence-corrected chi connectivity index (χ1v) is 8.33. The fourth-order valence-corrected chi connectivity index (χ4v) is 2.74. The number of carbonyl (C=O) groups is 1. The van der Waals surface area contributed by atoms with Crippen LogP contribution < -0.4 is 10.3 Å². The van der Waals surface area contributed by atoms with Crippen LogP contribution in [0.1, 0.15) is 30.0 Å². The summed E-state index contributed by atoms with van der Waals surface area (Å²) in [6.45, 7) is 5.28. The summed E-state index contributed by atoms with van der Waals surface area (Å²) in [5.41, 5.74) is 2.19. The van der Waals surface area contributed by atoms with E-state index in [0.717, 1.165) is 11.1 Å². The summed E-state index contributed by atoms with van der Waals surface area (Å²) in [7, 11) is 0. The first kappa shape index (κ1) is 17.7. The quantitative estimate of drug-likeness (QED) is 0.713. The largest absolute Gasteiger partial charge is 0.481 e. The molecule has 0 aliphatic carbocycles. The summed E-state index contributed by atoms with van der Waals surface area (Å²) in [5, 5.41) is 0.494. The van der Waals surface area contributed by atoms with E-state index in [1.165, 1.54) is 0 Å². The highest BCUT2D eigenvalue weighted by Crippen LogP contribution is 2.22. The maximum atomic E-state index is 12.1. The van der Waals surface area contributed by atoms with Gasteiger partial charge in [0.25, 0.3) is 5.56 Å². The molecule has 0 saturated carbocycles. The molecule has 0 radical (unpaired) electrons. The van der Waals surface area contributed by atoms with Crippen LogP contribution in [0.25, 0.3) is 10.9 Å². The number of carbonyl (C=O) groups excluding carboxylic acids is 1. The number of aromatic amines is 1. The zero-order valence-corrected chi connectivity index (χ0v) is 14.9. The molecule has 1 N–H and O–H groups in total. The summed E-state index contributed by atoms with van der Waals surface area (Å²) in [4.78, 5) is 31.2. The highest BCUT2D eigenvalue weighted by atomic mass is 16.6. The van der Waals surface area contributed by atoms with E-state index in [9.17, 15) is 9.59 Å². The van der Waals surface area contributed by atoms with Gasteiger partial charge in [0.15, 0.2) is 18.5 Å². The Balaban J connectivity index is 1.69. The van der Waals surface area contributed by atoms with Crippen molar-refractivity contribution in [2.75, 3.05) is 6.61 Å². The van der Waals surface area contributed by atoms with Crippen LogP contribution in [-0.4, -0.2) is 22.5 Å². The molecule has 0 spiro atoms. The number of fused-ring (bicyclic) bond motifs is 1. The summed E-state index contributed by atoms with van der Waals surface area (Å²) in [5.74, 6) is 0.444. The van der Waals surface area contributed by atoms with Crippen molar-refractivity contribution in [3.8, 4) is 5.75 Å². The SMILES string of the molecule is Cc1cccc(C)c1OCC(=O)O[C@@H](C)c1nc2ccccc2c(=O)[nH]1. The summed E-state index contributed by atoms with van der Waals surface area (Å²) in [6.07, 6.45) is -0.693. The van der Waals surface area contributed by atoms with Crippen molar-refractivity contribution < 1.29 is 14.3 Å². The van der Waals surface area contributed by atoms with Crippen LogP contribution in [0.4, 0.5) is 0 Å². The average molecular weight is 352 g/mol. The van der Waals surface area contributed by atoms with Gasteiger partial charge >= 0.3 is 5.97 Å². The third-order valence-electron chi connectivity index (χ3n) is 4.07. The van der Waals surface area contributed by atoms with E-state index < -0.39 is 12.1 Å². The highest BCUT2D eigenvalue weighted by Gasteiger charge is 2.16. The number of para-hydroxylation sites is 2. The fraction of sp³-hybridized carbons (Fsp3) is 0.250. The molecule has 6 heteroatoms. The van der Waals surface area contributed by atoms with E-state index in [4.69, 9.17) is 9.47 Å². The number of nitrogens with zero attached hydrogens (tertiary/aromatic N) is 1. The summed E-state index contributed by atoms with van der Waals surface area (Å²) < 4.78 is 10.9. The smallest absolute Gasteiger partial charge is 0.344 e. The number of hydrogen-bond acceptors (Lipinski definition) is 5. The van der Waals surface area contributed by atoms with Crippen LogP contribution in [0.5, 0.6) is 5.75 Å². The van der Waals surface area contributed by atoms with Gasteiger partial charge in [-0.2, -0.15) is 0 Å². The van der Waals surface area contributed by atoms with Gasteiger partial charge < -0.3 is 14.5 Å². The van der Waals surface area contributed by atoms with E-state index >= 15 is 0 Å². The second kappa shape index (κ2) is 7.39. The van der Waals surface area contributed by atoms with Crippen LogP contribution >= 0.6 is 0 Å². The van der Waals surface area contributed by atoms with Gasteiger partial charge in [-0.25, -0.2) is 9.78 Å². The molecule has 3 rings (SSSR count). The molecule has 0 aliphatic heterocycles. The van der Waals surface area contributed by atoms with Gasteiger partial charge in [0, 0.05) is 0 Å². The van der Waals surface area contributed by atoms with Gasteiger partial charge in [-0.05, 0) is 44.0 Å². The third-order valence-corrected chi connectivity index (χ3v) is 4.07. The molecule has 0 amide bonds.